The molecule has 0 aromatic heterocycles. The number of hydrogen-bond acceptors (Lipinski definition) is 6. The van der Waals surface area contributed by atoms with Gasteiger partial charge in [0.15, 0.2) is 0 Å². The molecular formula is C36H66N4O4. The summed E-state index contributed by atoms with van der Waals surface area (Å²) < 4.78 is 10.7. The average molecular weight is 619 g/mol. The molecule has 0 saturated heterocycles. The predicted molar refractivity (Wildman–Crippen MR) is 186 cm³/mol. The summed E-state index contributed by atoms with van der Waals surface area (Å²) in [7, 11) is 4.25. The first-order valence-corrected chi connectivity index (χ1v) is 17.8. The van der Waals surface area contributed by atoms with E-state index in [2.05, 4.69) is 48.4 Å². The van der Waals surface area contributed by atoms with E-state index in [0.29, 0.717) is 24.6 Å². The van der Waals surface area contributed by atoms with Gasteiger partial charge in [-0.3, -0.25) is 10.6 Å². The van der Waals surface area contributed by atoms with Gasteiger partial charge in [0.25, 0.3) is 0 Å². The van der Waals surface area contributed by atoms with Gasteiger partial charge in [-0.1, -0.05) is 110 Å². The van der Waals surface area contributed by atoms with Crippen molar-refractivity contribution in [3.63, 3.8) is 0 Å². The molecule has 1 aromatic carbocycles. The summed E-state index contributed by atoms with van der Waals surface area (Å²) in [5, 5.41) is 5.48. The number of benzene rings is 1. The van der Waals surface area contributed by atoms with Crippen LogP contribution in [-0.2, 0) is 9.47 Å². The van der Waals surface area contributed by atoms with Gasteiger partial charge in [-0.05, 0) is 71.1 Å². The van der Waals surface area contributed by atoms with Gasteiger partial charge in [-0.2, -0.15) is 0 Å². The summed E-state index contributed by atoms with van der Waals surface area (Å²) >= 11 is 0. The molecule has 0 aliphatic carbocycles. The standard InChI is InChI=1S/C36H66N4O4/c1-5-7-9-11-13-15-17-19-26-39(3)28-22-30-43-35(41)37-33-24-21-25-34(32-33)38-36(42)44-31-23-29-40(4)27-20-18-16-14-12-10-8-6-2/h21,24-25,32H,5-20,22-23,26-31H2,1-4H3,(H,37,41)(H,38,42). The second-order valence-corrected chi connectivity index (χ2v) is 12.4. The smallest absolute Gasteiger partial charge is 0.411 e. The van der Waals surface area contributed by atoms with Crippen LogP contribution in [0.1, 0.15) is 129 Å². The quantitative estimate of drug-likeness (QED) is 0.0910. The fourth-order valence-corrected chi connectivity index (χ4v) is 5.24. The molecule has 0 fully saturated rings. The first kappa shape index (κ1) is 39.7. The fraction of sp³-hybridized carbons (Fsp3) is 0.778. The zero-order valence-electron chi connectivity index (χ0n) is 28.8. The lowest BCUT2D eigenvalue weighted by Crippen LogP contribution is -2.23. The molecule has 0 unspecified atom stereocenters. The topological polar surface area (TPSA) is 83.1 Å². The maximum Gasteiger partial charge on any atom is 0.411 e. The van der Waals surface area contributed by atoms with E-state index in [1.807, 2.05) is 0 Å². The van der Waals surface area contributed by atoms with Crippen LogP contribution in [0.15, 0.2) is 24.3 Å². The van der Waals surface area contributed by atoms with Crippen LogP contribution in [0.4, 0.5) is 21.0 Å². The minimum absolute atomic E-state index is 0.367. The first-order chi connectivity index (χ1) is 21.4. The molecule has 2 amide bonds. The molecule has 44 heavy (non-hydrogen) atoms. The molecule has 0 aliphatic rings. The van der Waals surface area contributed by atoms with Gasteiger partial charge in [0.1, 0.15) is 0 Å². The Labute approximate surface area is 270 Å². The van der Waals surface area contributed by atoms with E-state index in [4.69, 9.17) is 9.47 Å². The highest BCUT2D eigenvalue weighted by atomic mass is 16.6. The van der Waals surface area contributed by atoms with Crippen molar-refractivity contribution < 1.29 is 19.1 Å². The van der Waals surface area contributed by atoms with Gasteiger partial charge in [0.2, 0.25) is 0 Å². The van der Waals surface area contributed by atoms with Gasteiger partial charge in [0, 0.05) is 24.5 Å². The van der Waals surface area contributed by atoms with Crippen molar-refractivity contribution in [3.05, 3.63) is 24.3 Å². The molecule has 1 aromatic rings. The molecule has 0 radical (unpaired) electrons. The van der Waals surface area contributed by atoms with Crippen LogP contribution >= 0.6 is 0 Å². The van der Waals surface area contributed by atoms with Gasteiger partial charge < -0.3 is 19.3 Å². The van der Waals surface area contributed by atoms with E-state index in [-0.39, 0.29) is 0 Å². The lowest BCUT2D eigenvalue weighted by atomic mass is 10.1. The second-order valence-electron chi connectivity index (χ2n) is 12.4. The minimum Gasteiger partial charge on any atom is -0.449 e. The van der Waals surface area contributed by atoms with Gasteiger partial charge >= 0.3 is 12.2 Å². The van der Waals surface area contributed by atoms with E-state index in [1.54, 1.807) is 24.3 Å². The van der Waals surface area contributed by atoms with Crippen molar-refractivity contribution in [2.45, 2.75) is 129 Å². The summed E-state index contributed by atoms with van der Waals surface area (Å²) in [4.78, 5) is 29.1. The number of amides is 2. The largest absolute Gasteiger partial charge is 0.449 e. The maximum atomic E-state index is 12.2. The number of ether oxygens (including phenoxy) is 2. The molecule has 2 N–H and O–H groups in total. The van der Waals surface area contributed by atoms with Crippen LogP contribution in [0.25, 0.3) is 0 Å². The van der Waals surface area contributed by atoms with Crippen molar-refractivity contribution in [1.82, 2.24) is 9.80 Å². The molecule has 8 heteroatoms. The Balaban J connectivity index is 2.10. The number of nitrogens with one attached hydrogen (secondary N) is 2. The highest BCUT2D eigenvalue weighted by molar-refractivity contribution is 5.88. The highest BCUT2D eigenvalue weighted by Gasteiger charge is 2.08. The zero-order valence-corrected chi connectivity index (χ0v) is 28.8. The van der Waals surface area contributed by atoms with E-state index in [0.717, 1.165) is 39.0 Å². The molecule has 0 bridgehead atoms. The van der Waals surface area contributed by atoms with E-state index < -0.39 is 12.2 Å². The summed E-state index contributed by atoms with van der Waals surface area (Å²) in [6.45, 7) is 9.22. The lowest BCUT2D eigenvalue weighted by molar-refractivity contribution is 0.154. The highest BCUT2D eigenvalue weighted by Crippen LogP contribution is 2.16. The number of carbonyl (C=O) groups excluding carboxylic acids is 2. The third kappa shape index (κ3) is 24.1. The number of anilines is 2. The fourth-order valence-electron chi connectivity index (χ4n) is 5.24. The zero-order chi connectivity index (χ0) is 32.1. The van der Waals surface area contributed by atoms with Crippen molar-refractivity contribution >= 4 is 23.6 Å². The first-order valence-electron chi connectivity index (χ1n) is 17.8. The van der Waals surface area contributed by atoms with Crippen molar-refractivity contribution in [2.24, 2.45) is 0 Å². The number of carbonyl (C=O) groups is 2. The summed E-state index contributed by atoms with van der Waals surface area (Å²) in [5.41, 5.74) is 1.12. The van der Waals surface area contributed by atoms with Gasteiger partial charge in [-0.25, -0.2) is 9.59 Å². The van der Waals surface area contributed by atoms with Crippen LogP contribution in [0.3, 0.4) is 0 Å². The summed E-state index contributed by atoms with van der Waals surface area (Å²) in [6.07, 6.45) is 21.8. The molecule has 0 atom stereocenters. The molecule has 0 saturated carbocycles. The molecule has 0 aliphatic heterocycles. The van der Waals surface area contributed by atoms with Crippen molar-refractivity contribution in [1.29, 1.82) is 0 Å². The van der Waals surface area contributed by atoms with Crippen LogP contribution in [0, 0.1) is 0 Å². The minimum atomic E-state index is -0.494. The predicted octanol–water partition coefficient (Wildman–Crippen LogP) is 9.71. The van der Waals surface area contributed by atoms with Crippen LogP contribution < -0.4 is 10.6 Å². The SMILES string of the molecule is CCCCCCCCCCN(C)CCCOC(=O)Nc1cccc(NC(=O)OCCCN(C)CCCCCCCCCC)c1. The number of nitrogens with zero attached hydrogens (tertiary/aromatic N) is 2. The number of unbranched alkanes of at least 4 members (excludes halogenated alkanes) is 14. The molecule has 1 rings (SSSR count). The maximum absolute atomic E-state index is 12.2. The van der Waals surface area contributed by atoms with E-state index in [1.165, 1.54) is 103 Å². The van der Waals surface area contributed by atoms with Gasteiger partial charge in [-0.15, -0.1) is 0 Å². The summed E-state index contributed by atoms with van der Waals surface area (Å²) in [6, 6.07) is 6.98. The monoisotopic (exact) mass is 619 g/mol. The molecular weight excluding hydrogens is 552 g/mol. The van der Waals surface area contributed by atoms with E-state index in [9.17, 15) is 9.59 Å². The Morgan fingerprint density at radius 1 is 0.545 bits per heavy atom. The van der Waals surface area contributed by atoms with Crippen LogP contribution in [0.2, 0.25) is 0 Å². The molecule has 8 nitrogen and oxygen atoms in total. The third-order valence-electron chi connectivity index (χ3n) is 7.98. The van der Waals surface area contributed by atoms with E-state index >= 15 is 0 Å². The van der Waals surface area contributed by atoms with Crippen LogP contribution in [-0.4, -0.2) is 75.5 Å². The Kier molecular flexibility index (Phi) is 25.4. The number of rotatable bonds is 28. The molecule has 0 spiro atoms. The van der Waals surface area contributed by atoms with Gasteiger partial charge in [0.05, 0.1) is 13.2 Å². The Hall–Kier alpha value is -2.32. The van der Waals surface area contributed by atoms with Crippen molar-refractivity contribution in [2.75, 3.05) is 64.1 Å². The van der Waals surface area contributed by atoms with Crippen molar-refractivity contribution in [3.8, 4) is 0 Å². The van der Waals surface area contributed by atoms with Crippen LogP contribution in [0.5, 0.6) is 0 Å². The second kappa shape index (κ2) is 28.2. The lowest BCUT2D eigenvalue weighted by Gasteiger charge is -2.16. The normalized spacial score (nSPS) is 11.2. The summed E-state index contributed by atoms with van der Waals surface area (Å²) in [5.74, 6) is 0. The molecule has 0 heterocycles. The Morgan fingerprint density at radius 3 is 1.27 bits per heavy atom. The Bertz CT molecular complexity index is 775. The Morgan fingerprint density at radius 2 is 0.886 bits per heavy atom. The molecule has 254 valence electrons. The third-order valence-corrected chi connectivity index (χ3v) is 7.98. The number of hydrogen-bond donors (Lipinski definition) is 2. The average Bonchev–Trinajstić information content (AvgIpc) is 3.00.